The normalized spacial score (nSPS) is 13.2. The minimum atomic E-state index is -0.0448. The highest BCUT2D eigenvalue weighted by molar-refractivity contribution is 6.05. The molecule has 1 heterocycles. The first-order valence-corrected chi connectivity index (χ1v) is 7.54. The maximum atomic E-state index is 12.4. The van der Waals surface area contributed by atoms with Crippen molar-refractivity contribution in [1.82, 2.24) is 0 Å². The van der Waals surface area contributed by atoms with Crippen LogP contribution in [0, 0.1) is 0 Å². The lowest BCUT2D eigenvalue weighted by atomic mass is 10.0. The lowest BCUT2D eigenvalue weighted by Crippen LogP contribution is -2.17. The van der Waals surface area contributed by atoms with Gasteiger partial charge in [0.25, 0.3) is 5.91 Å². The predicted molar refractivity (Wildman–Crippen MR) is 87.0 cm³/mol. The molecule has 3 heteroatoms. The van der Waals surface area contributed by atoms with Crippen molar-refractivity contribution in [2.45, 2.75) is 26.2 Å². The first-order chi connectivity index (χ1) is 10.3. The molecule has 0 unspecified atom stereocenters. The molecule has 0 saturated carbocycles. The van der Waals surface area contributed by atoms with Crippen molar-refractivity contribution in [3.8, 4) is 0 Å². The zero-order chi connectivity index (χ0) is 14.7. The number of nitrogens with one attached hydrogen (secondary N) is 2. The van der Waals surface area contributed by atoms with Crippen molar-refractivity contribution in [2.24, 2.45) is 0 Å². The quantitative estimate of drug-likeness (QED) is 0.896. The van der Waals surface area contributed by atoms with Crippen LogP contribution >= 0.6 is 0 Å². The van der Waals surface area contributed by atoms with E-state index >= 15 is 0 Å². The summed E-state index contributed by atoms with van der Waals surface area (Å²) in [7, 11) is 0. The van der Waals surface area contributed by atoms with Crippen molar-refractivity contribution in [3.05, 3.63) is 59.2 Å². The standard InChI is InChI=1S/C18H20N2O/c1-2-13-8-10-14(11-9-13)18(21)20-17-7-3-6-16-15(17)5-4-12-19-16/h3,6-11,19H,2,4-5,12H2,1H3,(H,20,21). The van der Waals surface area contributed by atoms with Crippen LogP contribution in [0.15, 0.2) is 42.5 Å². The van der Waals surface area contributed by atoms with E-state index in [0.29, 0.717) is 5.56 Å². The van der Waals surface area contributed by atoms with Crippen LogP contribution in [-0.4, -0.2) is 12.5 Å². The van der Waals surface area contributed by atoms with Crippen LogP contribution in [0.4, 0.5) is 11.4 Å². The minimum absolute atomic E-state index is 0.0448. The summed E-state index contributed by atoms with van der Waals surface area (Å²) in [4.78, 5) is 12.4. The van der Waals surface area contributed by atoms with Crippen molar-refractivity contribution >= 4 is 17.3 Å². The number of amides is 1. The third-order valence-electron chi connectivity index (χ3n) is 3.97. The summed E-state index contributed by atoms with van der Waals surface area (Å²) in [6.07, 6.45) is 3.10. The Morgan fingerprint density at radius 3 is 2.76 bits per heavy atom. The average molecular weight is 280 g/mol. The summed E-state index contributed by atoms with van der Waals surface area (Å²) in [5.41, 5.74) is 5.22. The maximum absolute atomic E-state index is 12.4. The summed E-state index contributed by atoms with van der Waals surface area (Å²) in [5.74, 6) is -0.0448. The largest absolute Gasteiger partial charge is 0.385 e. The van der Waals surface area contributed by atoms with E-state index in [-0.39, 0.29) is 5.91 Å². The molecule has 2 aromatic carbocycles. The molecule has 2 aromatic rings. The van der Waals surface area contributed by atoms with E-state index in [9.17, 15) is 4.79 Å². The lowest BCUT2D eigenvalue weighted by Gasteiger charge is -2.21. The number of hydrogen-bond acceptors (Lipinski definition) is 2. The summed E-state index contributed by atoms with van der Waals surface area (Å²) in [6.45, 7) is 3.11. The average Bonchev–Trinajstić information content (AvgIpc) is 2.55. The smallest absolute Gasteiger partial charge is 0.255 e. The van der Waals surface area contributed by atoms with Crippen molar-refractivity contribution < 1.29 is 4.79 Å². The summed E-state index contributed by atoms with van der Waals surface area (Å²) in [6, 6.07) is 13.8. The molecule has 1 amide bonds. The molecule has 1 aliphatic rings. The van der Waals surface area contributed by atoms with Gasteiger partial charge in [-0.1, -0.05) is 25.1 Å². The number of carbonyl (C=O) groups excluding carboxylic acids is 1. The van der Waals surface area contributed by atoms with Gasteiger partial charge in [0.1, 0.15) is 0 Å². The zero-order valence-electron chi connectivity index (χ0n) is 12.3. The molecular formula is C18H20N2O. The monoisotopic (exact) mass is 280 g/mol. The van der Waals surface area contributed by atoms with Crippen LogP contribution in [0.1, 0.15) is 34.8 Å². The molecule has 1 aliphatic heterocycles. The Morgan fingerprint density at radius 2 is 2.00 bits per heavy atom. The molecule has 0 aromatic heterocycles. The fraction of sp³-hybridized carbons (Fsp3) is 0.278. The second-order valence-corrected chi connectivity index (χ2v) is 5.37. The fourth-order valence-corrected chi connectivity index (χ4v) is 2.71. The van der Waals surface area contributed by atoms with Gasteiger partial charge in [0.05, 0.1) is 0 Å². The Hall–Kier alpha value is -2.29. The van der Waals surface area contributed by atoms with Gasteiger partial charge < -0.3 is 10.6 Å². The molecule has 3 rings (SSSR count). The molecule has 0 spiro atoms. The molecule has 2 N–H and O–H groups in total. The Kier molecular flexibility index (Phi) is 3.91. The first kappa shape index (κ1) is 13.7. The summed E-state index contributed by atoms with van der Waals surface area (Å²) in [5, 5.41) is 6.42. The molecule has 0 saturated heterocycles. The number of benzene rings is 2. The van der Waals surface area contributed by atoms with Gasteiger partial charge in [0.15, 0.2) is 0 Å². The highest BCUT2D eigenvalue weighted by Gasteiger charge is 2.14. The Bertz CT molecular complexity index is 647. The topological polar surface area (TPSA) is 41.1 Å². The Morgan fingerprint density at radius 1 is 1.19 bits per heavy atom. The molecule has 0 fully saturated rings. The van der Waals surface area contributed by atoms with Gasteiger partial charge >= 0.3 is 0 Å². The second-order valence-electron chi connectivity index (χ2n) is 5.37. The molecule has 0 aliphatic carbocycles. The molecule has 0 bridgehead atoms. The lowest BCUT2D eigenvalue weighted by molar-refractivity contribution is 0.102. The van der Waals surface area contributed by atoms with E-state index in [2.05, 4.69) is 23.6 Å². The number of anilines is 2. The Labute approximate surface area is 125 Å². The van der Waals surface area contributed by atoms with E-state index in [1.807, 2.05) is 36.4 Å². The summed E-state index contributed by atoms with van der Waals surface area (Å²) >= 11 is 0. The van der Waals surface area contributed by atoms with Crippen LogP contribution in [0.25, 0.3) is 0 Å². The Balaban J connectivity index is 1.81. The molecule has 108 valence electrons. The van der Waals surface area contributed by atoms with Gasteiger partial charge in [-0.05, 0) is 54.7 Å². The fourth-order valence-electron chi connectivity index (χ4n) is 2.71. The van der Waals surface area contributed by atoms with Crippen molar-refractivity contribution in [3.63, 3.8) is 0 Å². The van der Waals surface area contributed by atoms with E-state index < -0.39 is 0 Å². The van der Waals surface area contributed by atoms with Crippen molar-refractivity contribution in [1.29, 1.82) is 0 Å². The van der Waals surface area contributed by atoms with Crippen LogP contribution in [-0.2, 0) is 12.8 Å². The molecule has 0 atom stereocenters. The molecule has 0 radical (unpaired) electrons. The number of aryl methyl sites for hydroxylation is 1. The SMILES string of the molecule is CCc1ccc(C(=O)Nc2cccc3c2CCCN3)cc1. The minimum Gasteiger partial charge on any atom is -0.385 e. The molecule has 21 heavy (non-hydrogen) atoms. The van der Waals surface area contributed by atoms with E-state index in [4.69, 9.17) is 0 Å². The number of hydrogen-bond donors (Lipinski definition) is 2. The van der Waals surface area contributed by atoms with Crippen LogP contribution in [0.5, 0.6) is 0 Å². The number of rotatable bonds is 3. The van der Waals surface area contributed by atoms with Gasteiger partial charge in [0, 0.05) is 23.5 Å². The molecular weight excluding hydrogens is 260 g/mol. The van der Waals surface area contributed by atoms with E-state index in [1.165, 1.54) is 11.1 Å². The van der Waals surface area contributed by atoms with E-state index in [0.717, 1.165) is 37.2 Å². The second kappa shape index (κ2) is 6.00. The third-order valence-corrected chi connectivity index (χ3v) is 3.97. The van der Waals surface area contributed by atoms with Gasteiger partial charge in [-0.15, -0.1) is 0 Å². The van der Waals surface area contributed by atoms with E-state index in [1.54, 1.807) is 0 Å². The highest BCUT2D eigenvalue weighted by Crippen LogP contribution is 2.29. The van der Waals surface area contributed by atoms with Gasteiger partial charge in [0.2, 0.25) is 0 Å². The van der Waals surface area contributed by atoms with Crippen LogP contribution in [0.3, 0.4) is 0 Å². The van der Waals surface area contributed by atoms with Crippen LogP contribution < -0.4 is 10.6 Å². The van der Waals surface area contributed by atoms with Gasteiger partial charge in [-0.3, -0.25) is 4.79 Å². The van der Waals surface area contributed by atoms with Crippen LogP contribution in [0.2, 0.25) is 0 Å². The number of carbonyl (C=O) groups is 1. The van der Waals surface area contributed by atoms with Gasteiger partial charge in [-0.2, -0.15) is 0 Å². The van der Waals surface area contributed by atoms with Crippen molar-refractivity contribution in [2.75, 3.05) is 17.2 Å². The van der Waals surface area contributed by atoms with Gasteiger partial charge in [-0.25, -0.2) is 0 Å². The highest BCUT2D eigenvalue weighted by atomic mass is 16.1. The first-order valence-electron chi connectivity index (χ1n) is 7.54. The maximum Gasteiger partial charge on any atom is 0.255 e. The zero-order valence-corrected chi connectivity index (χ0v) is 12.3. The third kappa shape index (κ3) is 2.92. The summed E-state index contributed by atoms with van der Waals surface area (Å²) < 4.78 is 0. The number of fused-ring (bicyclic) bond motifs is 1. The molecule has 3 nitrogen and oxygen atoms in total. The predicted octanol–water partition coefficient (Wildman–Crippen LogP) is 3.86.